The Balaban J connectivity index is 1.52. The number of nitrogens with two attached hydrogens (primary N) is 1. The first kappa shape index (κ1) is 35.0. The number of rotatable bonds is 13. The Bertz CT molecular complexity index is 1750. The van der Waals surface area contributed by atoms with Crippen molar-refractivity contribution < 1.29 is 23.5 Å². The molecule has 0 radical (unpaired) electrons. The van der Waals surface area contributed by atoms with E-state index in [1.165, 1.54) is 0 Å². The number of nitrogens with one attached hydrogen (secondary N) is 3. The topological polar surface area (TPSA) is 168 Å². The van der Waals surface area contributed by atoms with Crippen molar-refractivity contribution in [2.45, 2.75) is 84.2 Å². The second-order valence-corrected chi connectivity index (χ2v) is 13.2. The number of aromatic nitrogens is 3. The van der Waals surface area contributed by atoms with Crippen LogP contribution >= 0.6 is 23.2 Å². The van der Waals surface area contributed by atoms with Crippen molar-refractivity contribution in [3.05, 3.63) is 75.2 Å². The van der Waals surface area contributed by atoms with Crippen LogP contribution in [0.2, 0.25) is 10.0 Å². The molecule has 4 unspecified atom stereocenters. The van der Waals surface area contributed by atoms with E-state index in [9.17, 15) is 14.4 Å². The number of nitrogens with zero attached hydrogens (tertiary/aromatic N) is 3. The highest BCUT2D eigenvalue weighted by molar-refractivity contribution is 6.38. The fourth-order valence-electron chi connectivity index (χ4n) is 6.42. The number of hydrogen-bond donors (Lipinski definition) is 4. The van der Waals surface area contributed by atoms with Gasteiger partial charge in [-0.05, 0) is 42.4 Å². The van der Waals surface area contributed by atoms with Crippen LogP contribution in [0.15, 0.2) is 46.9 Å². The van der Waals surface area contributed by atoms with Crippen LogP contribution < -0.4 is 16.4 Å². The van der Waals surface area contributed by atoms with E-state index in [1.54, 1.807) is 17.0 Å². The Hall–Kier alpha value is -4.29. The van der Waals surface area contributed by atoms with Gasteiger partial charge in [-0.15, -0.1) is 5.10 Å². The molecule has 4 aromatic rings. The van der Waals surface area contributed by atoms with E-state index in [1.807, 2.05) is 58.0 Å². The van der Waals surface area contributed by atoms with Crippen molar-refractivity contribution in [1.82, 2.24) is 30.7 Å². The molecular formula is C34H41Cl2N7O5. The molecule has 256 valence electrons. The molecule has 12 nitrogen and oxygen atoms in total. The lowest BCUT2D eigenvalue weighted by molar-refractivity contribution is -0.130. The van der Waals surface area contributed by atoms with Gasteiger partial charge in [0.2, 0.25) is 18.2 Å². The summed E-state index contributed by atoms with van der Waals surface area (Å²) in [5.74, 6) is -0.581. The van der Waals surface area contributed by atoms with Gasteiger partial charge in [-0.25, -0.2) is 4.79 Å². The van der Waals surface area contributed by atoms with Gasteiger partial charge in [0.15, 0.2) is 0 Å². The van der Waals surface area contributed by atoms with Gasteiger partial charge < -0.3 is 35.4 Å². The van der Waals surface area contributed by atoms with Gasteiger partial charge in [0.25, 0.3) is 0 Å². The summed E-state index contributed by atoms with van der Waals surface area (Å²) in [6.07, 6.45) is 2.34. The van der Waals surface area contributed by atoms with Crippen molar-refractivity contribution in [1.29, 1.82) is 0 Å². The molecule has 0 saturated heterocycles. The number of aromatic amines is 1. The third-order valence-electron chi connectivity index (χ3n) is 9.29. The average molecular weight is 699 g/mol. The molecule has 48 heavy (non-hydrogen) atoms. The number of aryl methyl sites for hydroxylation is 1. The lowest BCUT2D eigenvalue weighted by Gasteiger charge is -2.43. The third kappa shape index (κ3) is 7.39. The molecule has 5 N–H and O–H groups in total. The Morgan fingerprint density at radius 2 is 1.88 bits per heavy atom. The smallest absolute Gasteiger partial charge is 0.408 e. The monoisotopic (exact) mass is 697 g/mol. The molecule has 2 aromatic carbocycles. The van der Waals surface area contributed by atoms with Gasteiger partial charge in [-0.2, -0.15) is 0 Å². The minimum atomic E-state index is -0.905. The second kappa shape index (κ2) is 15.3. The maximum Gasteiger partial charge on any atom is 0.408 e. The molecule has 1 aliphatic carbocycles. The van der Waals surface area contributed by atoms with Crippen LogP contribution in [-0.2, 0) is 27.4 Å². The molecule has 5 rings (SSSR count). The van der Waals surface area contributed by atoms with Crippen molar-refractivity contribution in [2.24, 2.45) is 11.8 Å². The standard InChI is InChI=1S/C34H41Cl2N7O5/c1-5-18(3)27(40-34(46)47-16-20-10-8-7-9-11-20)31(45)39-25-13-12-24-26(22-14-21(35)15-23(36)28(22)38-24)30(25)43(17-44)29(19(4)6-2)32-41-42-33(37)48-32/h7-11,14-15,17-19,25,27,29-30,38H,5-6,12-13,16H2,1-4H3,(H2,37,42)(H,39,45)(H,40,46)/t18?,19?,25?,27-,29-,30?/m0/s1. The molecule has 0 fully saturated rings. The average Bonchev–Trinajstić information content (AvgIpc) is 3.68. The Morgan fingerprint density at radius 3 is 2.52 bits per heavy atom. The van der Waals surface area contributed by atoms with Crippen molar-refractivity contribution in [3.8, 4) is 0 Å². The fourth-order valence-corrected chi connectivity index (χ4v) is 6.96. The predicted octanol–water partition coefficient (Wildman–Crippen LogP) is 6.50. The SMILES string of the molecule is CCC(C)[C@H](NC(=O)OCc1ccccc1)C(=O)NC1CCc2[nH]c3c(Cl)cc(Cl)cc3c2C1N(C=O)[C@H](c1nnc(N)o1)C(C)CC. The first-order valence-corrected chi connectivity index (χ1v) is 16.9. The van der Waals surface area contributed by atoms with Crippen LogP contribution in [0.5, 0.6) is 0 Å². The van der Waals surface area contributed by atoms with E-state index in [2.05, 4.69) is 25.8 Å². The van der Waals surface area contributed by atoms with Crippen LogP contribution in [0.4, 0.5) is 10.8 Å². The third-order valence-corrected chi connectivity index (χ3v) is 9.81. The number of nitrogen functional groups attached to an aromatic ring is 1. The van der Waals surface area contributed by atoms with Crippen LogP contribution in [-0.4, -0.2) is 50.6 Å². The molecule has 6 atom stereocenters. The van der Waals surface area contributed by atoms with Gasteiger partial charge in [-0.3, -0.25) is 9.59 Å². The van der Waals surface area contributed by atoms with Crippen molar-refractivity contribution in [2.75, 3.05) is 5.73 Å². The lowest BCUT2D eigenvalue weighted by Crippen LogP contribution is -2.56. The van der Waals surface area contributed by atoms with Crippen LogP contribution in [0.3, 0.4) is 0 Å². The summed E-state index contributed by atoms with van der Waals surface area (Å²) in [5.41, 5.74) is 8.96. The summed E-state index contributed by atoms with van der Waals surface area (Å²) in [7, 11) is 0. The minimum Gasteiger partial charge on any atom is -0.445 e. The zero-order valence-electron chi connectivity index (χ0n) is 27.3. The highest BCUT2D eigenvalue weighted by atomic mass is 35.5. The van der Waals surface area contributed by atoms with E-state index in [-0.39, 0.29) is 30.3 Å². The number of fused-ring (bicyclic) bond motifs is 3. The molecular weight excluding hydrogens is 657 g/mol. The van der Waals surface area contributed by atoms with E-state index in [0.717, 1.165) is 28.6 Å². The van der Waals surface area contributed by atoms with E-state index in [0.29, 0.717) is 41.2 Å². The summed E-state index contributed by atoms with van der Waals surface area (Å²) >= 11 is 13.1. The number of hydrogen-bond acceptors (Lipinski definition) is 8. The summed E-state index contributed by atoms with van der Waals surface area (Å²) in [5, 5.41) is 15.6. The number of amides is 3. The van der Waals surface area contributed by atoms with Crippen LogP contribution in [0, 0.1) is 11.8 Å². The Morgan fingerprint density at radius 1 is 1.15 bits per heavy atom. The van der Waals surface area contributed by atoms with Gasteiger partial charge in [0.05, 0.1) is 22.6 Å². The largest absolute Gasteiger partial charge is 0.445 e. The van der Waals surface area contributed by atoms with Crippen molar-refractivity contribution in [3.63, 3.8) is 0 Å². The number of ether oxygens (including phenoxy) is 1. The zero-order valence-corrected chi connectivity index (χ0v) is 28.8. The minimum absolute atomic E-state index is 0.0617. The molecule has 14 heteroatoms. The molecule has 0 aliphatic heterocycles. The summed E-state index contributed by atoms with van der Waals surface area (Å²) in [6, 6.07) is 9.74. The number of carbonyl (C=O) groups is 3. The molecule has 0 bridgehead atoms. The lowest BCUT2D eigenvalue weighted by atomic mass is 9.83. The maximum atomic E-state index is 14.1. The van der Waals surface area contributed by atoms with Gasteiger partial charge in [0, 0.05) is 21.7 Å². The first-order chi connectivity index (χ1) is 23.1. The Kier molecular flexibility index (Phi) is 11.2. The molecule has 2 aromatic heterocycles. The number of carbonyl (C=O) groups excluding carboxylic acids is 3. The highest BCUT2D eigenvalue weighted by Crippen LogP contribution is 2.45. The molecule has 3 amide bonds. The number of benzene rings is 2. The highest BCUT2D eigenvalue weighted by Gasteiger charge is 2.44. The molecule has 0 spiro atoms. The van der Waals surface area contributed by atoms with Gasteiger partial charge in [0.1, 0.15) is 18.7 Å². The van der Waals surface area contributed by atoms with E-state index >= 15 is 0 Å². The number of H-pyrrole nitrogens is 1. The normalized spacial score (nSPS) is 18.3. The van der Waals surface area contributed by atoms with Gasteiger partial charge in [-0.1, -0.05) is 99.2 Å². The maximum absolute atomic E-state index is 14.1. The zero-order chi connectivity index (χ0) is 34.5. The second-order valence-electron chi connectivity index (χ2n) is 12.4. The number of anilines is 1. The molecule has 2 heterocycles. The summed E-state index contributed by atoms with van der Waals surface area (Å²) in [6.45, 7) is 7.87. The van der Waals surface area contributed by atoms with Gasteiger partial charge >= 0.3 is 12.1 Å². The number of alkyl carbamates (subject to hydrolysis) is 1. The molecule has 0 saturated carbocycles. The summed E-state index contributed by atoms with van der Waals surface area (Å²) in [4.78, 5) is 45.4. The summed E-state index contributed by atoms with van der Waals surface area (Å²) < 4.78 is 11.1. The van der Waals surface area contributed by atoms with Crippen LogP contribution in [0.1, 0.15) is 81.8 Å². The predicted molar refractivity (Wildman–Crippen MR) is 183 cm³/mol. The first-order valence-electron chi connectivity index (χ1n) is 16.1. The Labute approximate surface area is 289 Å². The van der Waals surface area contributed by atoms with E-state index < -0.39 is 36.2 Å². The molecule has 1 aliphatic rings. The van der Waals surface area contributed by atoms with Crippen LogP contribution in [0.25, 0.3) is 10.9 Å². The van der Waals surface area contributed by atoms with E-state index in [4.69, 9.17) is 38.1 Å². The quantitative estimate of drug-likeness (QED) is 0.115. The van der Waals surface area contributed by atoms with Crippen molar-refractivity contribution >= 4 is 58.5 Å². The fraction of sp³-hybridized carbons (Fsp3) is 0.441. The number of halogens is 2.